The molecule has 2 atom stereocenters. The Bertz CT molecular complexity index is 408. The molecule has 0 unspecified atom stereocenters. The lowest BCUT2D eigenvalue weighted by atomic mass is 10.1. The molecule has 23 heavy (non-hydrogen) atoms. The van der Waals surface area contributed by atoms with E-state index < -0.39 is 23.8 Å². The van der Waals surface area contributed by atoms with Gasteiger partial charge in [-0.25, -0.2) is 4.79 Å². The molecule has 0 saturated carbocycles. The number of rotatable bonds is 9. The molecule has 134 valence electrons. The summed E-state index contributed by atoms with van der Waals surface area (Å²) in [5, 5.41) is 21.9. The first kappa shape index (κ1) is 21.1. The molecular weight excluding hydrogens is 302 g/mol. The van der Waals surface area contributed by atoms with Crippen LogP contribution in [0.15, 0.2) is 0 Å². The van der Waals surface area contributed by atoms with Gasteiger partial charge in [-0.15, -0.1) is 0 Å². The van der Waals surface area contributed by atoms with E-state index in [1.807, 2.05) is 0 Å². The van der Waals surface area contributed by atoms with Crippen LogP contribution >= 0.6 is 0 Å². The molecule has 8 N–H and O–H groups in total. The zero-order chi connectivity index (χ0) is 18.0. The van der Waals surface area contributed by atoms with Gasteiger partial charge >= 0.3 is 6.09 Å². The lowest BCUT2D eigenvalue weighted by Gasteiger charge is -2.24. The summed E-state index contributed by atoms with van der Waals surface area (Å²) in [7, 11) is 0. The van der Waals surface area contributed by atoms with Gasteiger partial charge in [0.25, 0.3) is 0 Å². The second kappa shape index (κ2) is 10.0. The van der Waals surface area contributed by atoms with E-state index in [0.29, 0.717) is 0 Å². The molecule has 9 nitrogen and oxygen atoms in total. The van der Waals surface area contributed by atoms with Crippen molar-refractivity contribution in [2.75, 3.05) is 13.1 Å². The highest BCUT2D eigenvalue weighted by Gasteiger charge is 2.23. The van der Waals surface area contributed by atoms with E-state index >= 15 is 0 Å². The Balaban J connectivity index is 4.52. The van der Waals surface area contributed by atoms with Gasteiger partial charge in [0.2, 0.25) is 5.91 Å². The van der Waals surface area contributed by atoms with Crippen molar-refractivity contribution in [3.05, 3.63) is 0 Å². The van der Waals surface area contributed by atoms with Gasteiger partial charge in [0.15, 0.2) is 0 Å². The number of carbonyl (C=O) groups is 2. The average molecular weight is 331 g/mol. The molecule has 0 bridgehead atoms. The van der Waals surface area contributed by atoms with Crippen LogP contribution in [0.3, 0.4) is 0 Å². The first-order valence-corrected chi connectivity index (χ1v) is 7.50. The lowest BCUT2D eigenvalue weighted by molar-refractivity contribution is -0.121. The fourth-order valence-electron chi connectivity index (χ4n) is 1.72. The Morgan fingerprint density at radius 2 is 1.96 bits per heavy atom. The normalized spacial score (nSPS) is 13.8. The maximum absolute atomic E-state index is 11.8. The van der Waals surface area contributed by atoms with Crippen LogP contribution in [0.1, 0.15) is 40.0 Å². The first-order chi connectivity index (χ1) is 10.5. The number of aliphatic hydroxyl groups is 1. The summed E-state index contributed by atoms with van der Waals surface area (Å²) >= 11 is 0. The van der Waals surface area contributed by atoms with Gasteiger partial charge in [-0.2, -0.15) is 0 Å². The summed E-state index contributed by atoms with van der Waals surface area (Å²) in [6.07, 6.45) is -1.14. The average Bonchev–Trinajstić information content (AvgIpc) is 2.35. The van der Waals surface area contributed by atoms with Crippen LogP contribution in [-0.2, 0) is 9.53 Å². The molecule has 0 radical (unpaired) electrons. The van der Waals surface area contributed by atoms with Crippen molar-refractivity contribution in [3.8, 4) is 0 Å². The number of hydrogen-bond acceptors (Lipinski definition) is 6. The minimum atomic E-state index is -0.833. The smallest absolute Gasteiger partial charge is 0.407 e. The number of hydrogen-bond donors (Lipinski definition) is 6. The number of nitrogens with one attached hydrogen (secondary N) is 3. The molecule has 9 heteroatoms. The quantitative estimate of drug-likeness (QED) is 0.244. The van der Waals surface area contributed by atoms with E-state index in [-0.39, 0.29) is 44.1 Å². The standard InChI is InChI=1S/C14H29N5O4/c1-14(2,3)23-13(22)19-9(6-10(20)8-15)7-12(21)18-5-4-11(16)17/h9-10,20H,4-8,15H2,1-3H3,(H3,16,17)(H,18,21)(H,19,22)/t9-,10-/m1/s1. The van der Waals surface area contributed by atoms with Gasteiger partial charge in [0.05, 0.1) is 11.9 Å². The molecule has 0 fully saturated rings. The van der Waals surface area contributed by atoms with Crippen molar-refractivity contribution >= 4 is 17.8 Å². The van der Waals surface area contributed by atoms with Gasteiger partial charge in [0, 0.05) is 32.0 Å². The number of nitrogens with two attached hydrogens (primary N) is 2. The highest BCUT2D eigenvalue weighted by Crippen LogP contribution is 2.09. The second-order valence-electron chi connectivity index (χ2n) is 6.30. The molecule has 0 aromatic rings. The third kappa shape index (κ3) is 12.4. The highest BCUT2D eigenvalue weighted by atomic mass is 16.6. The van der Waals surface area contributed by atoms with E-state index in [4.69, 9.17) is 21.6 Å². The first-order valence-electron chi connectivity index (χ1n) is 7.50. The molecule has 0 heterocycles. The predicted octanol–water partition coefficient (Wildman–Crippen LogP) is -0.578. The van der Waals surface area contributed by atoms with E-state index in [2.05, 4.69) is 10.6 Å². The predicted molar refractivity (Wildman–Crippen MR) is 87.0 cm³/mol. The molecule has 0 saturated heterocycles. The van der Waals surface area contributed by atoms with Crippen LogP contribution in [0.25, 0.3) is 0 Å². The summed E-state index contributed by atoms with van der Waals surface area (Å²) in [5.41, 5.74) is 9.90. The van der Waals surface area contributed by atoms with E-state index in [0.717, 1.165) is 0 Å². The molecule has 0 spiro atoms. The Morgan fingerprint density at radius 1 is 1.35 bits per heavy atom. The maximum atomic E-state index is 11.8. The van der Waals surface area contributed by atoms with E-state index in [9.17, 15) is 14.7 Å². The molecular formula is C14H29N5O4. The maximum Gasteiger partial charge on any atom is 0.407 e. The van der Waals surface area contributed by atoms with E-state index in [1.54, 1.807) is 20.8 Å². The summed E-state index contributed by atoms with van der Waals surface area (Å²) < 4.78 is 5.14. The van der Waals surface area contributed by atoms with Crippen molar-refractivity contribution in [1.82, 2.24) is 10.6 Å². The summed E-state index contributed by atoms with van der Waals surface area (Å²) in [5.74, 6) is -0.344. The minimum Gasteiger partial charge on any atom is -0.444 e. The van der Waals surface area contributed by atoms with Gasteiger partial charge in [-0.3, -0.25) is 10.2 Å². The summed E-state index contributed by atoms with van der Waals surface area (Å²) in [6.45, 7) is 5.45. The number of ether oxygens (including phenoxy) is 1. The number of amidine groups is 1. The monoisotopic (exact) mass is 331 g/mol. The number of carbonyl (C=O) groups excluding carboxylic acids is 2. The Kier molecular flexibility index (Phi) is 9.19. The minimum absolute atomic E-state index is 0.0210. The molecule has 0 aromatic carbocycles. The van der Waals surface area contributed by atoms with Gasteiger partial charge in [-0.05, 0) is 27.2 Å². The largest absolute Gasteiger partial charge is 0.444 e. The third-order valence-electron chi connectivity index (χ3n) is 2.70. The SMILES string of the molecule is CC(C)(C)OC(=O)N[C@@H](CC(=O)NCCC(=N)N)C[C@@H](O)CN. The molecule has 0 aliphatic carbocycles. The summed E-state index contributed by atoms with van der Waals surface area (Å²) in [6, 6.07) is -0.610. The molecule has 0 aromatic heterocycles. The van der Waals surface area contributed by atoms with Gasteiger partial charge in [0.1, 0.15) is 5.60 Å². The Hall–Kier alpha value is -1.87. The van der Waals surface area contributed by atoms with Crippen molar-refractivity contribution < 1.29 is 19.4 Å². The molecule has 0 aliphatic rings. The van der Waals surface area contributed by atoms with Crippen LogP contribution in [0.4, 0.5) is 4.79 Å². The molecule has 0 rings (SSSR count). The van der Waals surface area contributed by atoms with Crippen LogP contribution < -0.4 is 22.1 Å². The number of aliphatic hydroxyl groups excluding tert-OH is 1. The van der Waals surface area contributed by atoms with Crippen LogP contribution in [0.5, 0.6) is 0 Å². The van der Waals surface area contributed by atoms with Crippen molar-refractivity contribution in [2.24, 2.45) is 11.5 Å². The van der Waals surface area contributed by atoms with Crippen LogP contribution in [-0.4, -0.2) is 53.8 Å². The number of amides is 2. The topological polar surface area (TPSA) is 164 Å². The van der Waals surface area contributed by atoms with E-state index in [1.165, 1.54) is 0 Å². The Morgan fingerprint density at radius 3 is 2.43 bits per heavy atom. The van der Waals surface area contributed by atoms with Gasteiger partial charge < -0.3 is 31.9 Å². The fraction of sp³-hybridized carbons (Fsp3) is 0.786. The Labute approximate surface area is 136 Å². The lowest BCUT2D eigenvalue weighted by Crippen LogP contribution is -2.44. The fourth-order valence-corrected chi connectivity index (χ4v) is 1.72. The number of alkyl carbamates (subject to hydrolysis) is 1. The highest BCUT2D eigenvalue weighted by molar-refractivity contribution is 5.80. The summed E-state index contributed by atoms with van der Waals surface area (Å²) in [4.78, 5) is 23.6. The molecule has 0 aliphatic heterocycles. The van der Waals surface area contributed by atoms with Crippen molar-refractivity contribution in [2.45, 2.75) is 57.8 Å². The van der Waals surface area contributed by atoms with Crippen molar-refractivity contribution in [3.63, 3.8) is 0 Å². The van der Waals surface area contributed by atoms with Gasteiger partial charge in [-0.1, -0.05) is 0 Å². The van der Waals surface area contributed by atoms with Crippen molar-refractivity contribution in [1.29, 1.82) is 5.41 Å². The van der Waals surface area contributed by atoms with Crippen LogP contribution in [0.2, 0.25) is 0 Å². The third-order valence-corrected chi connectivity index (χ3v) is 2.70. The zero-order valence-corrected chi connectivity index (χ0v) is 14.0. The van der Waals surface area contributed by atoms with Crippen LogP contribution in [0, 0.1) is 5.41 Å². The zero-order valence-electron chi connectivity index (χ0n) is 14.0. The molecule has 2 amide bonds. The second-order valence-corrected chi connectivity index (χ2v) is 6.30.